The number of hydrogen-bond donors (Lipinski definition) is 1. The van der Waals surface area contributed by atoms with Crippen molar-refractivity contribution in [3.8, 4) is 0 Å². The lowest BCUT2D eigenvalue weighted by Crippen LogP contribution is -2.40. The maximum absolute atomic E-state index is 5.94. The second kappa shape index (κ2) is 6.12. The molecule has 0 aromatic carbocycles. The van der Waals surface area contributed by atoms with Crippen molar-refractivity contribution in [3.05, 3.63) is 29.6 Å². The lowest BCUT2D eigenvalue weighted by atomic mass is 9.98. The lowest BCUT2D eigenvalue weighted by Gasteiger charge is -2.35. The van der Waals surface area contributed by atoms with Crippen LogP contribution in [0.15, 0.2) is 18.5 Å². The fourth-order valence-electron chi connectivity index (χ4n) is 2.09. The van der Waals surface area contributed by atoms with E-state index in [1.165, 1.54) is 11.1 Å². The van der Waals surface area contributed by atoms with Crippen LogP contribution < -0.4 is 5.73 Å². The molecule has 3 nitrogen and oxygen atoms in total. The van der Waals surface area contributed by atoms with Crippen LogP contribution in [0.5, 0.6) is 0 Å². The molecule has 2 N–H and O–H groups in total. The van der Waals surface area contributed by atoms with Crippen LogP contribution in [-0.2, 0) is 0 Å². The van der Waals surface area contributed by atoms with Crippen molar-refractivity contribution in [2.45, 2.75) is 39.8 Å². The van der Waals surface area contributed by atoms with Gasteiger partial charge in [0.2, 0.25) is 0 Å². The van der Waals surface area contributed by atoms with Gasteiger partial charge in [0.05, 0.1) is 0 Å². The molecule has 17 heavy (non-hydrogen) atoms. The van der Waals surface area contributed by atoms with Gasteiger partial charge in [0, 0.05) is 31.0 Å². The van der Waals surface area contributed by atoms with E-state index in [0.717, 1.165) is 0 Å². The fourth-order valence-corrected chi connectivity index (χ4v) is 2.09. The summed E-state index contributed by atoms with van der Waals surface area (Å²) >= 11 is 0. The average Bonchev–Trinajstić information content (AvgIpc) is 2.31. The minimum absolute atomic E-state index is 0.251. The zero-order valence-corrected chi connectivity index (χ0v) is 11.6. The van der Waals surface area contributed by atoms with Crippen LogP contribution in [0.1, 0.15) is 37.9 Å². The standard InChI is InChI=1S/C14H25N3/c1-10(2)12(4)17(5)14(8-15)13-9-16-7-6-11(13)3/h6-7,9-10,12,14H,8,15H2,1-5H3. The van der Waals surface area contributed by atoms with Crippen LogP contribution in [0, 0.1) is 12.8 Å². The van der Waals surface area contributed by atoms with Crippen molar-refractivity contribution in [2.24, 2.45) is 11.7 Å². The molecule has 2 atom stereocenters. The van der Waals surface area contributed by atoms with Crippen LogP contribution in [0.3, 0.4) is 0 Å². The number of nitrogens with two attached hydrogens (primary N) is 1. The van der Waals surface area contributed by atoms with Crippen molar-refractivity contribution in [3.63, 3.8) is 0 Å². The SMILES string of the molecule is Cc1ccncc1C(CN)N(C)C(C)C(C)C. The summed E-state index contributed by atoms with van der Waals surface area (Å²) in [5.74, 6) is 0.617. The third kappa shape index (κ3) is 3.27. The Morgan fingerprint density at radius 1 is 1.35 bits per heavy atom. The summed E-state index contributed by atoms with van der Waals surface area (Å²) in [6, 6.07) is 2.80. The molecule has 3 heteroatoms. The highest BCUT2D eigenvalue weighted by molar-refractivity contribution is 5.25. The summed E-state index contributed by atoms with van der Waals surface area (Å²) in [6.45, 7) is 9.47. The number of pyridine rings is 1. The predicted molar refractivity (Wildman–Crippen MR) is 72.8 cm³/mol. The molecular formula is C14H25N3. The zero-order valence-electron chi connectivity index (χ0n) is 11.6. The molecule has 96 valence electrons. The summed E-state index contributed by atoms with van der Waals surface area (Å²) in [4.78, 5) is 6.57. The zero-order chi connectivity index (χ0) is 13.0. The first kappa shape index (κ1) is 14.1. The third-order valence-electron chi connectivity index (χ3n) is 3.76. The highest BCUT2D eigenvalue weighted by Crippen LogP contribution is 2.24. The average molecular weight is 235 g/mol. The highest BCUT2D eigenvalue weighted by Gasteiger charge is 2.23. The topological polar surface area (TPSA) is 42.1 Å². The first-order valence-corrected chi connectivity index (χ1v) is 6.31. The Labute approximate surface area is 105 Å². The summed E-state index contributed by atoms with van der Waals surface area (Å²) in [5.41, 5.74) is 8.45. The molecule has 0 aliphatic rings. The van der Waals surface area contributed by atoms with Crippen molar-refractivity contribution in [1.29, 1.82) is 0 Å². The van der Waals surface area contributed by atoms with E-state index < -0.39 is 0 Å². The van der Waals surface area contributed by atoms with Crippen LogP contribution in [0.4, 0.5) is 0 Å². The van der Waals surface area contributed by atoms with E-state index in [1.807, 2.05) is 18.5 Å². The Hall–Kier alpha value is -0.930. The molecule has 0 aliphatic carbocycles. The molecule has 1 aromatic rings. The van der Waals surface area contributed by atoms with Gasteiger partial charge in [-0.2, -0.15) is 0 Å². The number of nitrogens with zero attached hydrogens (tertiary/aromatic N) is 2. The minimum Gasteiger partial charge on any atom is -0.329 e. The van der Waals surface area contributed by atoms with Gasteiger partial charge in [0.1, 0.15) is 0 Å². The van der Waals surface area contributed by atoms with Crippen molar-refractivity contribution in [2.75, 3.05) is 13.6 Å². The summed E-state index contributed by atoms with van der Waals surface area (Å²) in [5, 5.41) is 0. The Balaban J connectivity index is 2.96. The Kier molecular flexibility index (Phi) is 5.09. The smallest absolute Gasteiger partial charge is 0.0488 e. The predicted octanol–water partition coefficient (Wildman–Crippen LogP) is 2.37. The van der Waals surface area contributed by atoms with Crippen molar-refractivity contribution in [1.82, 2.24) is 9.88 Å². The van der Waals surface area contributed by atoms with E-state index in [1.54, 1.807) is 0 Å². The monoisotopic (exact) mass is 235 g/mol. The van der Waals surface area contributed by atoms with Crippen molar-refractivity contribution < 1.29 is 0 Å². The van der Waals surface area contributed by atoms with E-state index in [-0.39, 0.29) is 6.04 Å². The highest BCUT2D eigenvalue weighted by atomic mass is 15.2. The van der Waals surface area contributed by atoms with E-state index in [9.17, 15) is 0 Å². The number of likely N-dealkylation sites (N-methyl/N-ethyl adjacent to an activating group) is 1. The van der Waals surface area contributed by atoms with Gasteiger partial charge in [0.25, 0.3) is 0 Å². The van der Waals surface area contributed by atoms with Crippen LogP contribution in [0.25, 0.3) is 0 Å². The molecule has 0 amide bonds. The second-order valence-corrected chi connectivity index (χ2v) is 5.13. The molecule has 1 heterocycles. The molecule has 1 aromatic heterocycles. The molecule has 0 fully saturated rings. The molecule has 0 saturated carbocycles. The fraction of sp³-hybridized carbons (Fsp3) is 0.643. The molecule has 0 spiro atoms. The van der Waals surface area contributed by atoms with E-state index in [4.69, 9.17) is 5.73 Å². The molecule has 1 rings (SSSR count). The van der Waals surface area contributed by atoms with Gasteiger partial charge in [-0.3, -0.25) is 9.88 Å². The third-order valence-corrected chi connectivity index (χ3v) is 3.76. The number of rotatable bonds is 5. The Morgan fingerprint density at radius 3 is 2.47 bits per heavy atom. The van der Waals surface area contributed by atoms with Crippen LogP contribution in [-0.4, -0.2) is 29.5 Å². The van der Waals surface area contributed by atoms with E-state index in [2.05, 4.69) is 44.6 Å². The van der Waals surface area contributed by atoms with Gasteiger partial charge < -0.3 is 5.73 Å². The molecule has 0 bridgehead atoms. The molecule has 0 radical (unpaired) electrons. The van der Waals surface area contributed by atoms with Gasteiger partial charge in [0.15, 0.2) is 0 Å². The largest absolute Gasteiger partial charge is 0.329 e. The normalized spacial score (nSPS) is 15.3. The molecule has 0 aliphatic heterocycles. The summed E-state index contributed by atoms with van der Waals surface area (Å²) in [6.07, 6.45) is 3.77. The van der Waals surface area contributed by atoms with Gasteiger partial charge in [-0.05, 0) is 44.0 Å². The number of aromatic nitrogens is 1. The maximum Gasteiger partial charge on any atom is 0.0488 e. The second-order valence-electron chi connectivity index (χ2n) is 5.13. The van der Waals surface area contributed by atoms with Crippen LogP contribution in [0.2, 0.25) is 0 Å². The van der Waals surface area contributed by atoms with Gasteiger partial charge in [-0.1, -0.05) is 13.8 Å². The van der Waals surface area contributed by atoms with Crippen LogP contribution >= 0.6 is 0 Å². The number of hydrogen-bond acceptors (Lipinski definition) is 3. The first-order valence-electron chi connectivity index (χ1n) is 6.31. The van der Waals surface area contributed by atoms with Gasteiger partial charge in [-0.15, -0.1) is 0 Å². The van der Waals surface area contributed by atoms with E-state index >= 15 is 0 Å². The van der Waals surface area contributed by atoms with E-state index in [0.29, 0.717) is 18.5 Å². The van der Waals surface area contributed by atoms with Gasteiger partial charge in [-0.25, -0.2) is 0 Å². The molecule has 2 unspecified atom stereocenters. The minimum atomic E-state index is 0.251. The Morgan fingerprint density at radius 2 is 2.00 bits per heavy atom. The molecule has 0 saturated heterocycles. The first-order chi connectivity index (χ1) is 7.99. The lowest BCUT2D eigenvalue weighted by molar-refractivity contribution is 0.151. The van der Waals surface area contributed by atoms with Crippen molar-refractivity contribution >= 4 is 0 Å². The summed E-state index contributed by atoms with van der Waals surface area (Å²) in [7, 11) is 2.15. The maximum atomic E-state index is 5.94. The Bertz CT molecular complexity index is 349. The van der Waals surface area contributed by atoms with Gasteiger partial charge >= 0.3 is 0 Å². The summed E-state index contributed by atoms with van der Waals surface area (Å²) < 4.78 is 0. The molecular weight excluding hydrogens is 210 g/mol. The number of aryl methyl sites for hydroxylation is 1. The quantitative estimate of drug-likeness (QED) is 0.852.